The molecule has 3 N–H and O–H groups in total. The largest absolute Gasteiger partial charge is 0.378 e. The minimum atomic E-state index is -3.48. The van der Waals surface area contributed by atoms with Crippen molar-refractivity contribution < 1.29 is 17.9 Å². The van der Waals surface area contributed by atoms with Crippen LogP contribution in [-0.4, -0.2) is 59.0 Å². The van der Waals surface area contributed by atoms with Gasteiger partial charge in [-0.15, -0.1) is 0 Å². The lowest BCUT2D eigenvalue weighted by Crippen LogP contribution is -2.45. The third kappa shape index (κ3) is 8.07. The fourth-order valence-corrected chi connectivity index (χ4v) is 3.03. The van der Waals surface area contributed by atoms with Gasteiger partial charge in [0.25, 0.3) is 0 Å². The number of carbonyl (C=O) groups is 1. The van der Waals surface area contributed by atoms with Gasteiger partial charge in [0, 0.05) is 6.54 Å². The number of piperidine rings is 1. The summed E-state index contributed by atoms with van der Waals surface area (Å²) in [6.45, 7) is 8.21. The number of hydrogen-bond donors (Lipinski definition) is 3. The lowest BCUT2D eigenvalue weighted by molar-refractivity contribution is -0.120. The first-order valence-corrected chi connectivity index (χ1v) is 9.44. The number of sulfonamides is 1. The molecule has 1 aliphatic heterocycles. The number of amides is 1. The maximum Gasteiger partial charge on any atom is 0.235 e. The van der Waals surface area contributed by atoms with Crippen LogP contribution in [0.1, 0.15) is 33.6 Å². The van der Waals surface area contributed by atoms with Crippen molar-refractivity contribution in [3.63, 3.8) is 0 Å². The number of nitrogens with one attached hydrogen (secondary N) is 3. The van der Waals surface area contributed by atoms with E-state index in [-0.39, 0.29) is 36.3 Å². The summed E-state index contributed by atoms with van der Waals surface area (Å²) < 4.78 is 30.9. The molecule has 0 saturated carbocycles. The molecule has 0 atom stereocenters. The molecular weight excluding hydrogens is 306 g/mol. The van der Waals surface area contributed by atoms with Gasteiger partial charge in [0.05, 0.1) is 25.0 Å². The van der Waals surface area contributed by atoms with Gasteiger partial charge in [-0.25, -0.2) is 13.1 Å². The molecule has 22 heavy (non-hydrogen) atoms. The van der Waals surface area contributed by atoms with Crippen molar-refractivity contribution in [2.24, 2.45) is 5.41 Å². The predicted molar refractivity (Wildman–Crippen MR) is 86.1 cm³/mol. The van der Waals surface area contributed by atoms with Gasteiger partial charge in [0.15, 0.2) is 0 Å². The number of hydrogen-bond acceptors (Lipinski definition) is 5. The molecule has 0 unspecified atom stereocenters. The number of rotatable bonds is 9. The van der Waals surface area contributed by atoms with Crippen LogP contribution >= 0.6 is 0 Å². The lowest BCUT2D eigenvalue weighted by atomic mass is 9.81. The minimum absolute atomic E-state index is 0.00998. The van der Waals surface area contributed by atoms with Gasteiger partial charge < -0.3 is 15.4 Å². The van der Waals surface area contributed by atoms with Gasteiger partial charge in [0.2, 0.25) is 15.9 Å². The van der Waals surface area contributed by atoms with E-state index in [0.717, 1.165) is 25.9 Å². The topological polar surface area (TPSA) is 96.5 Å². The maximum absolute atomic E-state index is 11.8. The third-order valence-electron chi connectivity index (χ3n) is 3.78. The molecule has 1 saturated heterocycles. The molecule has 1 rings (SSSR count). The van der Waals surface area contributed by atoms with E-state index >= 15 is 0 Å². The quantitative estimate of drug-likeness (QED) is 0.544. The van der Waals surface area contributed by atoms with Crippen LogP contribution in [0, 0.1) is 5.41 Å². The van der Waals surface area contributed by atoms with E-state index < -0.39 is 10.0 Å². The van der Waals surface area contributed by atoms with Gasteiger partial charge in [-0.3, -0.25) is 4.79 Å². The molecule has 0 aromatic heterocycles. The molecule has 1 amide bonds. The van der Waals surface area contributed by atoms with E-state index in [1.54, 1.807) is 0 Å². The van der Waals surface area contributed by atoms with Gasteiger partial charge in [-0.2, -0.15) is 0 Å². The Hall–Kier alpha value is -0.700. The zero-order valence-corrected chi connectivity index (χ0v) is 14.6. The average molecular weight is 335 g/mol. The van der Waals surface area contributed by atoms with E-state index in [4.69, 9.17) is 4.74 Å². The zero-order valence-electron chi connectivity index (χ0n) is 13.8. The summed E-state index contributed by atoms with van der Waals surface area (Å²) >= 11 is 0. The Morgan fingerprint density at radius 2 is 1.95 bits per heavy atom. The van der Waals surface area contributed by atoms with Crippen LogP contribution in [0.5, 0.6) is 0 Å². The highest BCUT2D eigenvalue weighted by molar-refractivity contribution is 7.89. The second-order valence-corrected chi connectivity index (χ2v) is 8.32. The Balaban J connectivity index is 2.24. The fourth-order valence-electron chi connectivity index (χ4n) is 2.22. The lowest BCUT2D eigenvalue weighted by Gasteiger charge is -2.34. The molecule has 0 radical (unpaired) electrons. The van der Waals surface area contributed by atoms with Crippen molar-refractivity contribution in [2.75, 3.05) is 38.5 Å². The molecule has 8 heteroatoms. The van der Waals surface area contributed by atoms with E-state index in [2.05, 4.69) is 22.3 Å². The highest BCUT2D eigenvalue weighted by Gasteiger charge is 2.27. The first-order chi connectivity index (χ1) is 10.2. The normalized spacial score (nSPS) is 18.4. The summed E-state index contributed by atoms with van der Waals surface area (Å²) in [7, 11) is -3.48. The molecular formula is C14H29N3O4S. The Bertz CT molecular complexity index is 445. The van der Waals surface area contributed by atoms with E-state index in [1.165, 1.54) is 0 Å². The Labute approximate surface area is 133 Å². The summed E-state index contributed by atoms with van der Waals surface area (Å²) in [6, 6.07) is 0. The summed E-state index contributed by atoms with van der Waals surface area (Å²) in [4.78, 5) is 11.8. The highest BCUT2D eigenvalue weighted by atomic mass is 32.2. The molecule has 1 aliphatic rings. The van der Waals surface area contributed by atoms with Crippen molar-refractivity contribution >= 4 is 15.9 Å². The zero-order chi connectivity index (χ0) is 16.6. The molecule has 0 aromatic rings. The molecule has 0 spiro atoms. The van der Waals surface area contributed by atoms with Crippen LogP contribution in [0.2, 0.25) is 0 Å². The molecule has 1 heterocycles. The van der Waals surface area contributed by atoms with Crippen molar-refractivity contribution in [3.05, 3.63) is 0 Å². The molecule has 7 nitrogen and oxygen atoms in total. The average Bonchev–Trinajstić information content (AvgIpc) is 2.43. The van der Waals surface area contributed by atoms with Crippen LogP contribution in [0.25, 0.3) is 0 Å². The van der Waals surface area contributed by atoms with Gasteiger partial charge in [-0.05, 0) is 45.2 Å². The van der Waals surface area contributed by atoms with Crippen molar-refractivity contribution in [1.82, 2.24) is 15.4 Å². The van der Waals surface area contributed by atoms with Crippen LogP contribution in [0.15, 0.2) is 0 Å². The number of ether oxygens (including phenoxy) is 1. The fraction of sp³-hybridized carbons (Fsp3) is 0.929. The highest BCUT2D eigenvalue weighted by Crippen LogP contribution is 2.26. The van der Waals surface area contributed by atoms with Crippen LogP contribution in [0.3, 0.4) is 0 Å². The molecule has 0 aromatic carbocycles. The van der Waals surface area contributed by atoms with Crippen molar-refractivity contribution in [2.45, 2.75) is 39.7 Å². The van der Waals surface area contributed by atoms with Gasteiger partial charge in [-0.1, -0.05) is 6.92 Å². The maximum atomic E-state index is 11.8. The first kappa shape index (κ1) is 19.3. The SMILES string of the molecule is CC(C)OCCS(=O)(=O)NCC(=O)NCC1(C)CCNCC1. The first-order valence-electron chi connectivity index (χ1n) is 7.79. The molecule has 1 fully saturated rings. The van der Waals surface area contributed by atoms with Crippen LogP contribution < -0.4 is 15.4 Å². The molecule has 0 aliphatic carbocycles. The van der Waals surface area contributed by atoms with Crippen LogP contribution in [-0.2, 0) is 19.6 Å². The smallest absolute Gasteiger partial charge is 0.235 e. The second kappa shape index (κ2) is 8.81. The standard InChI is InChI=1S/C14H29N3O4S/c1-12(2)21-8-9-22(19,20)17-10-13(18)16-11-14(3)4-6-15-7-5-14/h12,15,17H,4-11H2,1-3H3,(H,16,18). The Kier molecular flexibility index (Phi) is 7.75. The van der Waals surface area contributed by atoms with Crippen LogP contribution in [0.4, 0.5) is 0 Å². The Morgan fingerprint density at radius 3 is 2.55 bits per heavy atom. The number of carbonyl (C=O) groups excluding carboxylic acids is 1. The van der Waals surface area contributed by atoms with Gasteiger partial charge >= 0.3 is 0 Å². The minimum Gasteiger partial charge on any atom is -0.378 e. The predicted octanol–water partition coefficient (Wildman–Crippen LogP) is -0.163. The van der Waals surface area contributed by atoms with Gasteiger partial charge in [0.1, 0.15) is 0 Å². The monoisotopic (exact) mass is 335 g/mol. The summed E-state index contributed by atoms with van der Waals surface area (Å²) in [5.74, 6) is -0.435. The molecule has 0 bridgehead atoms. The second-order valence-electron chi connectivity index (χ2n) is 6.40. The molecule has 130 valence electrons. The summed E-state index contributed by atoms with van der Waals surface area (Å²) in [6.07, 6.45) is 2.00. The summed E-state index contributed by atoms with van der Waals surface area (Å²) in [5, 5.41) is 6.10. The van der Waals surface area contributed by atoms with Crippen molar-refractivity contribution in [3.8, 4) is 0 Å². The van der Waals surface area contributed by atoms with E-state index in [1.807, 2.05) is 13.8 Å². The third-order valence-corrected chi connectivity index (χ3v) is 5.07. The van der Waals surface area contributed by atoms with E-state index in [0.29, 0.717) is 6.54 Å². The van der Waals surface area contributed by atoms with Crippen molar-refractivity contribution in [1.29, 1.82) is 0 Å². The Morgan fingerprint density at radius 1 is 1.32 bits per heavy atom. The van der Waals surface area contributed by atoms with E-state index in [9.17, 15) is 13.2 Å². The summed E-state index contributed by atoms with van der Waals surface area (Å²) in [5.41, 5.74) is 0.0882.